The number of sulfonamides is 1. The molecule has 0 aliphatic carbocycles. The van der Waals surface area contributed by atoms with Crippen molar-refractivity contribution in [2.45, 2.75) is 24.2 Å². The molecule has 1 rings (SSSR count). The minimum atomic E-state index is -3.57. The molecule has 0 radical (unpaired) electrons. The number of carboxylic acids is 1. The minimum Gasteiger partial charge on any atom is -0.477 e. The lowest BCUT2D eigenvalue weighted by Crippen LogP contribution is -2.24. The van der Waals surface area contributed by atoms with Crippen LogP contribution >= 0.6 is 23.1 Å². The third-order valence-corrected chi connectivity index (χ3v) is 5.62. The van der Waals surface area contributed by atoms with Crippen LogP contribution in [0.4, 0.5) is 0 Å². The van der Waals surface area contributed by atoms with Crippen molar-refractivity contribution in [1.82, 2.24) is 4.72 Å². The van der Waals surface area contributed by atoms with Crippen molar-refractivity contribution in [2.24, 2.45) is 0 Å². The number of thiophene rings is 1. The molecule has 0 unspecified atom stereocenters. The minimum absolute atomic E-state index is 0.0269. The van der Waals surface area contributed by atoms with Crippen molar-refractivity contribution in [3.8, 4) is 0 Å². The summed E-state index contributed by atoms with van der Waals surface area (Å²) >= 11 is 2.69. The highest BCUT2D eigenvalue weighted by molar-refractivity contribution is 7.98. The average Bonchev–Trinajstić information content (AvgIpc) is 2.84. The van der Waals surface area contributed by atoms with Crippen LogP contribution in [0.3, 0.4) is 0 Å². The Balaban J connectivity index is 2.44. The molecule has 0 aliphatic rings. The molecule has 0 bridgehead atoms. The van der Waals surface area contributed by atoms with Crippen molar-refractivity contribution in [1.29, 1.82) is 0 Å². The normalized spacial score (nSPS) is 11.6. The van der Waals surface area contributed by atoms with Crippen LogP contribution in [0.1, 0.15) is 28.9 Å². The van der Waals surface area contributed by atoms with Crippen molar-refractivity contribution in [2.75, 3.05) is 18.6 Å². The molecular weight excluding hydrogens is 306 g/mol. The van der Waals surface area contributed by atoms with Gasteiger partial charge in [-0.2, -0.15) is 11.8 Å². The van der Waals surface area contributed by atoms with Crippen LogP contribution in [0.15, 0.2) is 16.3 Å². The number of carbonyl (C=O) groups is 1. The lowest BCUT2D eigenvalue weighted by molar-refractivity contribution is 0.0702. The van der Waals surface area contributed by atoms with Crippen LogP contribution in [-0.2, 0) is 10.0 Å². The Hall–Kier alpha value is -0.570. The van der Waals surface area contributed by atoms with Gasteiger partial charge in [-0.25, -0.2) is 17.9 Å². The highest BCUT2D eigenvalue weighted by Crippen LogP contribution is 2.19. The standard InChI is InChI=1S/C11H17NO4S3/c1-17-6-4-2-3-5-12-19(15,16)9-7-10(11(13)14)18-8-9/h7-8,12H,2-6H2,1H3,(H,13,14). The van der Waals surface area contributed by atoms with Crippen molar-refractivity contribution in [3.05, 3.63) is 16.3 Å². The van der Waals surface area contributed by atoms with Gasteiger partial charge in [0.2, 0.25) is 10.0 Å². The zero-order valence-corrected chi connectivity index (χ0v) is 13.0. The predicted octanol–water partition coefficient (Wildman–Crippen LogP) is 2.26. The Morgan fingerprint density at radius 1 is 1.42 bits per heavy atom. The second-order valence-electron chi connectivity index (χ2n) is 3.90. The second kappa shape index (κ2) is 7.88. The predicted molar refractivity (Wildman–Crippen MR) is 78.7 cm³/mol. The molecular formula is C11H17NO4S3. The monoisotopic (exact) mass is 323 g/mol. The molecule has 0 spiro atoms. The molecule has 1 aromatic heterocycles. The van der Waals surface area contributed by atoms with Gasteiger partial charge in [0.15, 0.2) is 0 Å². The van der Waals surface area contributed by atoms with Gasteiger partial charge < -0.3 is 5.11 Å². The van der Waals surface area contributed by atoms with Gasteiger partial charge in [-0.1, -0.05) is 6.42 Å². The van der Waals surface area contributed by atoms with Gasteiger partial charge in [-0.15, -0.1) is 11.3 Å². The molecule has 0 fully saturated rings. The number of aromatic carboxylic acids is 1. The molecule has 0 aliphatic heterocycles. The van der Waals surface area contributed by atoms with Crippen LogP contribution in [0, 0.1) is 0 Å². The molecule has 5 nitrogen and oxygen atoms in total. The fourth-order valence-corrected chi connectivity index (χ4v) is 4.09. The molecule has 1 heterocycles. The van der Waals surface area contributed by atoms with Crippen LogP contribution in [0.2, 0.25) is 0 Å². The van der Waals surface area contributed by atoms with Gasteiger partial charge in [0, 0.05) is 11.9 Å². The summed E-state index contributed by atoms with van der Waals surface area (Å²) in [7, 11) is -3.57. The maximum absolute atomic E-state index is 11.9. The summed E-state index contributed by atoms with van der Waals surface area (Å²) in [5.41, 5.74) is 0. The van der Waals surface area contributed by atoms with Gasteiger partial charge in [0.1, 0.15) is 4.88 Å². The van der Waals surface area contributed by atoms with E-state index in [4.69, 9.17) is 5.11 Å². The number of carboxylic acid groups (broad SMARTS) is 1. The van der Waals surface area contributed by atoms with E-state index in [-0.39, 0.29) is 9.77 Å². The summed E-state index contributed by atoms with van der Waals surface area (Å²) < 4.78 is 26.2. The SMILES string of the molecule is CSCCCCCNS(=O)(=O)c1csc(C(=O)O)c1. The summed E-state index contributed by atoms with van der Waals surface area (Å²) in [6.07, 6.45) is 4.88. The van der Waals surface area contributed by atoms with E-state index in [9.17, 15) is 13.2 Å². The smallest absolute Gasteiger partial charge is 0.345 e. The average molecular weight is 323 g/mol. The quantitative estimate of drug-likeness (QED) is 0.681. The van der Waals surface area contributed by atoms with Crippen LogP contribution in [0.5, 0.6) is 0 Å². The third kappa shape index (κ3) is 5.52. The first-order chi connectivity index (χ1) is 8.97. The van der Waals surface area contributed by atoms with E-state index in [2.05, 4.69) is 4.72 Å². The summed E-state index contributed by atoms with van der Waals surface area (Å²) in [5, 5.41) is 10.1. The van der Waals surface area contributed by atoms with Gasteiger partial charge in [-0.05, 0) is 30.9 Å². The number of hydrogen-bond acceptors (Lipinski definition) is 5. The highest BCUT2D eigenvalue weighted by Gasteiger charge is 2.17. The second-order valence-corrected chi connectivity index (χ2v) is 7.57. The summed E-state index contributed by atoms with van der Waals surface area (Å²) in [5.74, 6) is -0.0253. The van der Waals surface area contributed by atoms with Crippen molar-refractivity contribution in [3.63, 3.8) is 0 Å². The van der Waals surface area contributed by atoms with E-state index >= 15 is 0 Å². The largest absolute Gasteiger partial charge is 0.477 e. The van der Waals surface area contributed by atoms with E-state index in [1.54, 1.807) is 11.8 Å². The van der Waals surface area contributed by atoms with E-state index in [0.29, 0.717) is 6.54 Å². The number of thioether (sulfide) groups is 1. The molecule has 0 atom stereocenters. The summed E-state index contributed by atoms with van der Waals surface area (Å²) in [6, 6.07) is 1.18. The molecule has 2 N–H and O–H groups in total. The third-order valence-electron chi connectivity index (χ3n) is 2.41. The molecule has 1 aromatic rings. The van der Waals surface area contributed by atoms with Crippen LogP contribution in [0.25, 0.3) is 0 Å². The maximum atomic E-state index is 11.9. The highest BCUT2D eigenvalue weighted by atomic mass is 32.2. The molecule has 0 amide bonds. The summed E-state index contributed by atoms with van der Waals surface area (Å²) in [6.45, 7) is 0.384. The Morgan fingerprint density at radius 2 is 2.16 bits per heavy atom. The van der Waals surface area contributed by atoms with E-state index in [0.717, 1.165) is 36.4 Å². The molecule has 108 valence electrons. The zero-order valence-electron chi connectivity index (χ0n) is 10.6. The van der Waals surface area contributed by atoms with Gasteiger partial charge in [0.25, 0.3) is 0 Å². The Morgan fingerprint density at radius 3 is 2.74 bits per heavy atom. The molecule has 19 heavy (non-hydrogen) atoms. The van der Waals surface area contributed by atoms with Gasteiger partial charge in [0.05, 0.1) is 4.90 Å². The van der Waals surface area contributed by atoms with Gasteiger partial charge >= 0.3 is 5.97 Å². The number of hydrogen-bond donors (Lipinski definition) is 2. The summed E-state index contributed by atoms with van der Waals surface area (Å²) in [4.78, 5) is 10.8. The first-order valence-electron chi connectivity index (χ1n) is 5.78. The number of unbranched alkanes of at least 4 members (excludes halogenated alkanes) is 2. The van der Waals surface area contributed by atoms with E-state index < -0.39 is 16.0 Å². The fraction of sp³-hybridized carbons (Fsp3) is 0.545. The Kier molecular flexibility index (Phi) is 6.84. The number of rotatable bonds is 9. The van der Waals surface area contributed by atoms with Crippen molar-refractivity contribution < 1.29 is 18.3 Å². The first-order valence-corrected chi connectivity index (χ1v) is 9.53. The first kappa shape index (κ1) is 16.5. The lowest BCUT2D eigenvalue weighted by atomic mass is 10.2. The topological polar surface area (TPSA) is 83.5 Å². The number of nitrogens with one attached hydrogen (secondary N) is 1. The molecule has 0 saturated heterocycles. The van der Waals surface area contributed by atoms with Gasteiger partial charge in [-0.3, -0.25) is 0 Å². The van der Waals surface area contributed by atoms with E-state index in [1.165, 1.54) is 11.4 Å². The van der Waals surface area contributed by atoms with Crippen molar-refractivity contribution >= 4 is 39.1 Å². The van der Waals surface area contributed by atoms with Crippen LogP contribution < -0.4 is 4.72 Å². The fourth-order valence-electron chi connectivity index (χ4n) is 1.41. The van der Waals surface area contributed by atoms with E-state index in [1.807, 2.05) is 6.26 Å². The zero-order chi connectivity index (χ0) is 14.3. The Bertz CT molecular complexity index is 510. The molecule has 0 saturated carbocycles. The maximum Gasteiger partial charge on any atom is 0.345 e. The van der Waals surface area contributed by atoms with Crippen LogP contribution in [-0.4, -0.2) is 38.0 Å². The Labute approximate surface area is 121 Å². The lowest BCUT2D eigenvalue weighted by Gasteiger charge is -2.04. The molecule has 0 aromatic carbocycles. The molecule has 8 heteroatoms.